The maximum Gasteiger partial charge on any atom is 0.338 e. The van der Waals surface area contributed by atoms with E-state index >= 15 is 0 Å². The molecule has 0 saturated carbocycles. The zero-order valence-corrected chi connectivity index (χ0v) is 8.15. The Balaban J connectivity index is 2.86. The topological polar surface area (TPSA) is 72.5 Å². The second kappa shape index (κ2) is 4.00. The number of hydrogen-bond acceptors (Lipinski definition) is 4. The first-order valence-corrected chi connectivity index (χ1v) is 4.30. The van der Waals surface area contributed by atoms with E-state index in [1.54, 1.807) is 13.8 Å². The molecule has 0 amide bonds. The molecule has 0 bridgehead atoms. The van der Waals surface area contributed by atoms with Crippen LogP contribution in [0.3, 0.4) is 0 Å². The molecular weight excluding hydrogens is 182 g/mol. The van der Waals surface area contributed by atoms with Crippen LogP contribution in [-0.2, 0) is 4.74 Å². The van der Waals surface area contributed by atoms with Crippen molar-refractivity contribution in [1.29, 1.82) is 0 Å². The lowest BCUT2D eigenvalue weighted by molar-refractivity contribution is 0.0378. The molecule has 76 valence electrons. The van der Waals surface area contributed by atoms with E-state index in [-0.39, 0.29) is 17.5 Å². The van der Waals surface area contributed by atoms with Crippen molar-refractivity contribution < 1.29 is 14.6 Å². The molecule has 0 aromatic heterocycles. The van der Waals surface area contributed by atoms with E-state index in [1.807, 2.05) is 0 Å². The predicted molar refractivity (Wildman–Crippen MR) is 53.1 cm³/mol. The van der Waals surface area contributed by atoms with E-state index in [2.05, 4.69) is 0 Å². The van der Waals surface area contributed by atoms with Crippen molar-refractivity contribution in [2.45, 2.75) is 20.0 Å². The van der Waals surface area contributed by atoms with Crippen molar-refractivity contribution in [3.8, 4) is 5.75 Å². The summed E-state index contributed by atoms with van der Waals surface area (Å²) in [6.45, 7) is 3.53. The van der Waals surface area contributed by atoms with Gasteiger partial charge in [0.25, 0.3) is 0 Å². The first-order chi connectivity index (χ1) is 6.50. The molecule has 1 aromatic rings. The van der Waals surface area contributed by atoms with Gasteiger partial charge in [0.15, 0.2) is 0 Å². The van der Waals surface area contributed by atoms with Crippen LogP contribution in [0.5, 0.6) is 5.75 Å². The number of rotatable bonds is 2. The van der Waals surface area contributed by atoms with Crippen LogP contribution >= 0.6 is 0 Å². The van der Waals surface area contributed by atoms with E-state index < -0.39 is 5.97 Å². The Hall–Kier alpha value is -1.71. The molecule has 0 unspecified atom stereocenters. The minimum atomic E-state index is -0.438. The van der Waals surface area contributed by atoms with Gasteiger partial charge in [0.2, 0.25) is 0 Å². The lowest BCUT2D eigenvalue weighted by Gasteiger charge is -2.08. The number of hydrogen-bond donors (Lipinski definition) is 2. The molecule has 1 aromatic carbocycles. The van der Waals surface area contributed by atoms with Crippen LogP contribution in [0, 0.1) is 0 Å². The van der Waals surface area contributed by atoms with E-state index in [1.165, 1.54) is 18.2 Å². The van der Waals surface area contributed by atoms with Crippen LogP contribution in [0.15, 0.2) is 18.2 Å². The first-order valence-electron chi connectivity index (χ1n) is 4.30. The molecule has 3 N–H and O–H groups in total. The van der Waals surface area contributed by atoms with Crippen LogP contribution in [0.2, 0.25) is 0 Å². The normalized spacial score (nSPS) is 10.2. The quantitative estimate of drug-likeness (QED) is 0.426. The zero-order chi connectivity index (χ0) is 10.7. The van der Waals surface area contributed by atoms with E-state index in [9.17, 15) is 4.79 Å². The summed E-state index contributed by atoms with van der Waals surface area (Å²) in [6.07, 6.45) is -0.169. The Morgan fingerprint density at radius 3 is 2.64 bits per heavy atom. The van der Waals surface area contributed by atoms with Gasteiger partial charge in [-0.05, 0) is 32.0 Å². The number of nitrogen functional groups attached to an aromatic ring is 1. The third-order valence-electron chi connectivity index (χ3n) is 1.61. The predicted octanol–water partition coefficient (Wildman–Crippen LogP) is 1.54. The summed E-state index contributed by atoms with van der Waals surface area (Å²) in [5.74, 6) is -0.474. The molecule has 0 radical (unpaired) electrons. The Bertz CT molecular complexity index is 347. The Labute approximate surface area is 82.3 Å². The highest BCUT2D eigenvalue weighted by molar-refractivity contribution is 5.91. The van der Waals surface area contributed by atoms with Crippen molar-refractivity contribution in [3.63, 3.8) is 0 Å². The largest absolute Gasteiger partial charge is 0.506 e. The summed E-state index contributed by atoms with van der Waals surface area (Å²) in [7, 11) is 0. The summed E-state index contributed by atoms with van der Waals surface area (Å²) < 4.78 is 4.95. The number of phenolic OH excluding ortho intramolecular Hbond substituents is 1. The van der Waals surface area contributed by atoms with Crippen molar-refractivity contribution in [3.05, 3.63) is 23.8 Å². The lowest BCUT2D eigenvalue weighted by atomic mass is 10.2. The number of nitrogens with two attached hydrogens (primary N) is 1. The molecule has 0 heterocycles. The fourth-order valence-electron chi connectivity index (χ4n) is 0.964. The molecule has 0 saturated heterocycles. The zero-order valence-electron chi connectivity index (χ0n) is 8.15. The van der Waals surface area contributed by atoms with E-state index in [0.29, 0.717) is 5.56 Å². The number of anilines is 1. The summed E-state index contributed by atoms with van der Waals surface area (Å²) in [6, 6.07) is 4.22. The van der Waals surface area contributed by atoms with Crippen LogP contribution in [-0.4, -0.2) is 17.2 Å². The molecule has 0 atom stereocenters. The smallest absolute Gasteiger partial charge is 0.338 e. The van der Waals surface area contributed by atoms with E-state index in [4.69, 9.17) is 15.6 Å². The number of carbonyl (C=O) groups is 1. The Kier molecular flexibility index (Phi) is 2.96. The number of carbonyl (C=O) groups excluding carboxylic acids is 1. The average Bonchev–Trinajstić information content (AvgIpc) is 2.08. The van der Waals surface area contributed by atoms with Crippen molar-refractivity contribution in [1.82, 2.24) is 0 Å². The molecule has 4 nitrogen and oxygen atoms in total. The number of aromatic hydroxyl groups is 1. The van der Waals surface area contributed by atoms with Gasteiger partial charge in [-0.15, -0.1) is 0 Å². The fraction of sp³-hybridized carbons (Fsp3) is 0.300. The first kappa shape index (κ1) is 10.4. The van der Waals surface area contributed by atoms with Gasteiger partial charge in [0.1, 0.15) is 5.75 Å². The van der Waals surface area contributed by atoms with Gasteiger partial charge < -0.3 is 15.6 Å². The minimum absolute atomic E-state index is 0.0360. The second-order valence-corrected chi connectivity index (χ2v) is 3.23. The molecule has 0 fully saturated rings. The summed E-state index contributed by atoms with van der Waals surface area (Å²) >= 11 is 0. The van der Waals surface area contributed by atoms with Crippen LogP contribution in [0.1, 0.15) is 24.2 Å². The van der Waals surface area contributed by atoms with Gasteiger partial charge in [-0.3, -0.25) is 0 Å². The third-order valence-corrected chi connectivity index (χ3v) is 1.61. The van der Waals surface area contributed by atoms with Gasteiger partial charge >= 0.3 is 5.97 Å². The van der Waals surface area contributed by atoms with Crippen LogP contribution < -0.4 is 5.73 Å². The summed E-state index contributed by atoms with van der Waals surface area (Å²) in [4.78, 5) is 11.4. The number of esters is 1. The maximum absolute atomic E-state index is 11.4. The van der Waals surface area contributed by atoms with Gasteiger partial charge in [0, 0.05) is 0 Å². The number of phenols is 1. The maximum atomic E-state index is 11.4. The molecular formula is C10H13NO3. The van der Waals surface area contributed by atoms with Gasteiger partial charge in [-0.1, -0.05) is 0 Å². The van der Waals surface area contributed by atoms with Crippen molar-refractivity contribution in [2.75, 3.05) is 5.73 Å². The SMILES string of the molecule is CC(C)OC(=O)c1ccc(O)c(N)c1. The molecule has 14 heavy (non-hydrogen) atoms. The Morgan fingerprint density at radius 2 is 2.14 bits per heavy atom. The Morgan fingerprint density at radius 1 is 1.50 bits per heavy atom. The highest BCUT2D eigenvalue weighted by Crippen LogP contribution is 2.20. The minimum Gasteiger partial charge on any atom is -0.506 e. The number of benzene rings is 1. The second-order valence-electron chi connectivity index (χ2n) is 3.23. The summed E-state index contributed by atoms with van der Waals surface area (Å²) in [5.41, 5.74) is 5.94. The fourth-order valence-corrected chi connectivity index (χ4v) is 0.964. The van der Waals surface area contributed by atoms with Gasteiger partial charge in [-0.2, -0.15) is 0 Å². The summed E-state index contributed by atoms with van der Waals surface area (Å²) in [5, 5.41) is 9.13. The number of ether oxygens (including phenoxy) is 1. The van der Waals surface area contributed by atoms with Crippen LogP contribution in [0.4, 0.5) is 5.69 Å². The molecule has 0 aliphatic rings. The van der Waals surface area contributed by atoms with Gasteiger partial charge in [0.05, 0.1) is 17.4 Å². The average molecular weight is 195 g/mol. The monoisotopic (exact) mass is 195 g/mol. The highest BCUT2D eigenvalue weighted by atomic mass is 16.5. The highest BCUT2D eigenvalue weighted by Gasteiger charge is 2.10. The third kappa shape index (κ3) is 2.39. The standard InChI is InChI=1S/C10H13NO3/c1-6(2)14-10(13)7-3-4-9(12)8(11)5-7/h3-6,12H,11H2,1-2H3. The molecule has 0 spiro atoms. The lowest BCUT2D eigenvalue weighted by Crippen LogP contribution is -2.11. The van der Waals surface area contributed by atoms with Crippen molar-refractivity contribution >= 4 is 11.7 Å². The van der Waals surface area contributed by atoms with Crippen LogP contribution in [0.25, 0.3) is 0 Å². The molecule has 1 rings (SSSR count). The molecule has 0 aliphatic carbocycles. The molecule has 4 heteroatoms. The van der Waals surface area contributed by atoms with Gasteiger partial charge in [-0.25, -0.2) is 4.79 Å². The van der Waals surface area contributed by atoms with Crippen molar-refractivity contribution in [2.24, 2.45) is 0 Å². The molecule has 0 aliphatic heterocycles. The van der Waals surface area contributed by atoms with E-state index in [0.717, 1.165) is 0 Å².